The van der Waals surface area contributed by atoms with Gasteiger partial charge in [0.2, 0.25) is 0 Å². The zero-order valence-electron chi connectivity index (χ0n) is 13.5. The highest BCUT2D eigenvalue weighted by molar-refractivity contribution is 6.01. The SMILES string of the molecule is Cc1ccc(-c2ccccc2)c(C(=O)N2CCC3CNC3C2)c1. The van der Waals surface area contributed by atoms with Gasteiger partial charge in [-0.2, -0.15) is 0 Å². The van der Waals surface area contributed by atoms with E-state index < -0.39 is 0 Å². The Balaban J connectivity index is 1.67. The van der Waals surface area contributed by atoms with E-state index in [1.807, 2.05) is 36.1 Å². The molecular formula is C20H22N2O. The van der Waals surface area contributed by atoms with Crippen LogP contribution in [0.4, 0.5) is 0 Å². The Morgan fingerprint density at radius 1 is 1.17 bits per heavy atom. The molecule has 2 heterocycles. The van der Waals surface area contributed by atoms with Crippen molar-refractivity contribution in [3.05, 3.63) is 59.7 Å². The first-order valence-corrected chi connectivity index (χ1v) is 8.41. The molecule has 4 rings (SSSR count). The molecule has 2 fully saturated rings. The van der Waals surface area contributed by atoms with Crippen molar-refractivity contribution in [2.75, 3.05) is 19.6 Å². The second kappa shape index (κ2) is 5.82. The number of nitrogens with zero attached hydrogens (tertiary/aromatic N) is 1. The highest BCUT2D eigenvalue weighted by Gasteiger charge is 2.37. The molecule has 2 atom stereocenters. The summed E-state index contributed by atoms with van der Waals surface area (Å²) in [4.78, 5) is 15.1. The highest BCUT2D eigenvalue weighted by atomic mass is 16.2. The topological polar surface area (TPSA) is 32.3 Å². The molecule has 23 heavy (non-hydrogen) atoms. The van der Waals surface area contributed by atoms with Gasteiger partial charge in [0.1, 0.15) is 0 Å². The molecular weight excluding hydrogens is 284 g/mol. The van der Waals surface area contributed by atoms with Crippen molar-refractivity contribution < 1.29 is 4.79 Å². The Morgan fingerprint density at radius 3 is 2.70 bits per heavy atom. The van der Waals surface area contributed by atoms with Gasteiger partial charge in [0.15, 0.2) is 0 Å². The van der Waals surface area contributed by atoms with Gasteiger partial charge in [0, 0.05) is 24.7 Å². The summed E-state index contributed by atoms with van der Waals surface area (Å²) in [6.45, 7) is 4.88. The molecule has 0 aromatic heterocycles. The quantitative estimate of drug-likeness (QED) is 0.924. The molecule has 2 aliphatic heterocycles. The molecule has 0 saturated carbocycles. The average Bonchev–Trinajstić information content (AvgIpc) is 2.56. The van der Waals surface area contributed by atoms with Crippen molar-refractivity contribution in [1.29, 1.82) is 0 Å². The zero-order valence-corrected chi connectivity index (χ0v) is 13.5. The van der Waals surface area contributed by atoms with Crippen LogP contribution in [0.3, 0.4) is 0 Å². The van der Waals surface area contributed by atoms with Crippen LogP contribution in [-0.4, -0.2) is 36.5 Å². The lowest BCUT2D eigenvalue weighted by molar-refractivity contribution is 0.0519. The molecule has 1 amide bonds. The van der Waals surface area contributed by atoms with E-state index in [0.29, 0.717) is 6.04 Å². The number of amides is 1. The van der Waals surface area contributed by atoms with Crippen LogP contribution < -0.4 is 5.32 Å². The number of fused-ring (bicyclic) bond motifs is 1. The summed E-state index contributed by atoms with van der Waals surface area (Å²) in [5.41, 5.74) is 4.09. The lowest BCUT2D eigenvalue weighted by atomic mass is 9.84. The highest BCUT2D eigenvalue weighted by Crippen LogP contribution is 2.29. The molecule has 0 spiro atoms. The minimum Gasteiger partial charge on any atom is -0.337 e. The van der Waals surface area contributed by atoms with Gasteiger partial charge >= 0.3 is 0 Å². The van der Waals surface area contributed by atoms with E-state index in [1.165, 1.54) is 0 Å². The molecule has 0 radical (unpaired) electrons. The number of nitrogens with one attached hydrogen (secondary N) is 1. The largest absolute Gasteiger partial charge is 0.337 e. The third kappa shape index (κ3) is 2.66. The Morgan fingerprint density at radius 2 is 2.00 bits per heavy atom. The van der Waals surface area contributed by atoms with Crippen LogP contribution in [0.25, 0.3) is 11.1 Å². The van der Waals surface area contributed by atoms with E-state index in [-0.39, 0.29) is 5.91 Å². The zero-order chi connectivity index (χ0) is 15.8. The van der Waals surface area contributed by atoms with E-state index >= 15 is 0 Å². The van der Waals surface area contributed by atoms with E-state index in [0.717, 1.165) is 54.2 Å². The number of hydrogen-bond acceptors (Lipinski definition) is 2. The van der Waals surface area contributed by atoms with Gasteiger partial charge in [0.05, 0.1) is 0 Å². The molecule has 0 aliphatic carbocycles. The van der Waals surface area contributed by atoms with Gasteiger partial charge < -0.3 is 10.2 Å². The van der Waals surface area contributed by atoms with Crippen LogP contribution in [0.2, 0.25) is 0 Å². The third-order valence-corrected chi connectivity index (χ3v) is 5.18. The predicted molar refractivity (Wildman–Crippen MR) is 92.4 cm³/mol. The minimum atomic E-state index is 0.166. The normalized spacial score (nSPS) is 23.1. The van der Waals surface area contributed by atoms with Gasteiger partial charge in [-0.25, -0.2) is 0 Å². The van der Waals surface area contributed by atoms with E-state index in [2.05, 4.69) is 29.6 Å². The van der Waals surface area contributed by atoms with Crippen LogP contribution in [0, 0.1) is 12.8 Å². The number of carbonyl (C=O) groups excluding carboxylic acids is 1. The lowest BCUT2D eigenvalue weighted by Gasteiger charge is -2.46. The maximum Gasteiger partial charge on any atom is 0.254 e. The number of piperidine rings is 1. The van der Waals surface area contributed by atoms with Crippen LogP contribution in [0.1, 0.15) is 22.3 Å². The Bertz CT molecular complexity index is 726. The molecule has 2 aromatic rings. The van der Waals surface area contributed by atoms with Crippen LogP contribution in [0.15, 0.2) is 48.5 Å². The van der Waals surface area contributed by atoms with Crippen LogP contribution >= 0.6 is 0 Å². The molecule has 2 saturated heterocycles. The standard InChI is InChI=1S/C20H22N2O/c1-14-7-8-17(15-5-3-2-4-6-15)18(11-14)20(23)22-10-9-16-12-21-19(16)13-22/h2-8,11,16,19,21H,9-10,12-13H2,1H3. The fourth-order valence-corrected chi connectivity index (χ4v) is 3.68. The number of benzene rings is 2. The predicted octanol–water partition coefficient (Wildman–Crippen LogP) is 3.10. The lowest BCUT2D eigenvalue weighted by Crippen LogP contribution is -2.62. The number of rotatable bonds is 2. The molecule has 118 valence electrons. The summed E-state index contributed by atoms with van der Waals surface area (Å²) in [7, 11) is 0. The summed E-state index contributed by atoms with van der Waals surface area (Å²) in [6, 6.07) is 16.9. The second-order valence-corrected chi connectivity index (χ2v) is 6.73. The molecule has 2 unspecified atom stereocenters. The first-order valence-electron chi connectivity index (χ1n) is 8.41. The molecule has 3 nitrogen and oxygen atoms in total. The van der Waals surface area contributed by atoms with Crippen molar-refractivity contribution >= 4 is 5.91 Å². The van der Waals surface area contributed by atoms with E-state index in [1.54, 1.807) is 0 Å². The molecule has 0 bridgehead atoms. The van der Waals surface area contributed by atoms with E-state index in [9.17, 15) is 4.79 Å². The van der Waals surface area contributed by atoms with Crippen molar-refractivity contribution in [3.63, 3.8) is 0 Å². The van der Waals surface area contributed by atoms with Gasteiger partial charge in [-0.1, -0.05) is 48.0 Å². The molecule has 2 aliphatic rings. The van der Waals surface area contributed by atoms with Crippen LogP contribution in [-0.2, 0) is 0 Å². The minimum absolute atomic E-state index is 0.166. The fourth-order valence-electron chi connectivity index (χ4n) is 3.68. The summed E-state index contributed by atoms with van der Waals surface area (Å²) >= 11 is 0. The summed E-state index contributed by atoms with van der Waals surface area (Å²) in [5.74, 6) is 0.935. The summed E-state index contributed by atoms with van der Waals surface area (Å²) in [5, 5.41) is 3.45. The Hall–Kier alpha value is -2.13. The molecule has 1 N–H and O–H groups in total. The first kappa shape index (κ1) is 14.5. The van der Waals surface area contributed by atoms with Gasteiger partial charge in [-0.15, -0.1) is 0 Å². The van der Waals surface area contributed by atoms with Crippen molar-refractivity contribution in [1.82, 2.24) is 10.2 Å². The van der Waals surface area contributed by atoms with Gasteiger partial charge in [-0.05, 0) is 43.0 Å². The van der Waals surface area contributed by atoms with Crippen molar-refractivity contribution in [3.8, 4) is 11.1 Å². The first-order chi connectivity index (χ1) is 11.2. The van der Waals surface area contributed by atoms with Gasteiger partial charge in [-0.3, -0.25) is 4.79 Å². The monoisotopic (exact) mass is 306 g/mol. The van der Waals surface area contributed by atoms with Crippen molar-refractivity contribution in [2.45, 2.75) is 19.4 Å². The average molecular weight is 306 g/mol. The number of likely N-dealkylation sites (tertiary alicyclic amines) is 1. The van der Waals surface area contributed by atoms with Gasteiger partial charge in [0.25, 0.3) is 5.91 Å². The fraction of sp³-hybridized carbons (Fsp3) is 0.350. The maximum absolute atomic E-state index is 13.1. The third-order valence-electron chi connectivity index (χ3n) is 5.18. The number of hydrogen-bond donors (Lipinski definition) is 1. The number of carbonyl (C=O) groups is 1. The molecule has 3 heteroatoms. The maximum atomic E-state index is 13.1. The van der Waals surface area contributed by atoms with Crippen molar-refractivity contribution in [2.24, 2.45) is 5.92 Å². The Kier molecular flexibility index (Phi) is 3.66. The second-order valence-electron chi connectivity index (χ2n) is 6.73. The van der Waals surface area contributed by atoms with E-state index in [4.69, 9.17) is 0 Å². The summed E-state index contributed by atoms with van der Waals surface area (Å²) in [6.07, 6.45) is 1.12. The smallest absolute Gasteiger partial charge is 0.254 e. The van der Waals surface area contributed by atoms with Crippen LogP contribution in [0.5, 0.6) is 0 Å². The Labute approximate surface area is 137 Å². The molecule has 2 aromatic carbocycles. The summed E-state index contributed by atoms with van der Waals surface area (Å²) < 4.78 is 0. The number of aryl methyl sites for hydroxylation is 1.